The topological polar surface area (TPSA) is 73.9 Å². The lowest BCUT2D eigenvalue weighted by Gasteiger charge is -2.08. The van der Waals surface area contributed by atoms with Gasteiger partial charge in [-0.3, -0.25) is 9.59 Å². The maximum Gasteiger partial charge on any atom is 0.317 e. The molecular formula is C15H17BrFNO5. The predicted octanol–water partition coefficient (Wildman–Crippen LogP) is 3.02. The van der Waals surface area contributed by atoms with Gasteiger partial charge in [0.15, 0.2) is 0 Å². The Balaban J connectivity index is 2.41. The number of hydrogen-bond acceptors (Lipinski definition) is 6. The van der Waals surface area contributed by atoms with E-state index >= 15 is 0 Å². The standard InChI is InChI=1S/C15H17BrFNO5/c1-3-22-13(19)9-14(20)23-6-4-5-18-10-7-11(17)15(16)12(8-10)21-2/h4-5,7-8,18H,3,6,9H2,1-2H3/b5-4+. The van der Waals surface area contributed by atoms with Crippen LogP contribution in [0.5, 0.6) is 5.75 Å². The van der Waals surface area contributed by atoms with Crippen LogP contribution < -0.4 is 10.1 Å². The third kappa shape index (κ3) is 6.68. The van der Waals surface area contributed by atoms with Crippen LogP contribution in [0.15, 0.2) is 28.9 Å². The summed E-state index contributed by atoms with van der Waals surface area (Å²) in [5.41, 5.74) is 0.469. The van der Waals surface area contributed by atoms with Crippen molar-refractivity contribution in [3.63, 3.8) is 0 Å². The lowest BCUT2D eigenvalue weighted by molar-refractivity contribution is -0.153. The molecule has 0 saturated carbocycles. The smallest absolute Gasteiger partial charge is 0.317 e. The molecule has 0 fully saturated rings. The molecule has 1 aromatic rings. The lowest BCUT2D eigenvalue weighted by atomic mass is 10.3. The Labute approximate surface area is 141 Å². The molecule has 0 bridgehead atoms. The summed E-state index contributed by atoms with van der Waals surface area (Å²) < 4.78 is 28.3. The molecule has 0 aliphatic carbocycles. The summed E-state index contributed by atoms with van der Waals surface area (Å²) in [4.78, 5) is 22.3. The van der Waals surface area contributed by atoms with Gasteiger partial charge in [0, 0.05) is 18.0 Å². The maximum atomic E-state index is 13.6. The quantitative estimate of drug-likeness (QED) is 0.544. The minimum absolute atomic E-state index is 0.0264. The lowest BCUT2D eigenvalue weighted by Crippen LogP contribution is -2.13. The van der Waals surface area contributed by atoms with Crippen LogP contribution in [0.4, 0.5) is 10.1 Å². The number of esters is 2. The van der Waals surface area contributed by atoms with Gasteiger partial charge in [0.1, 0.15) is 24.6 Å². The third-order valence-electron chi connectivity index (χ3n) is 2.52. The van der Waals surface area contributed by atoms with Crippen LogP contribution in [0.2, 0.25) is 0 Å². The molecule has 0 aliphatic heterocycles. The predicted molar refractivity (Wildman–Crippen MR) is 85.6 cm³/mol. The number of ether oxygens (including phenoxy) is 3. The minimum atomic E-state index is -0.676. The molecule has 1 aromatic carbocycles. The van der Waals surface area contributed by atoms with E-state index in [1.54, 1.807) is 13.0 Å². The fraction of sp³-hybridized carbons (Fsp3) is 0.333. The number of hydrogen-bond donors (Lipinski definition) is 1. The number of benzene rings is 1. The van der Waals surface area contributed by atoms with Crippen LogP contribution in [0, 0.1) is 5.82 Å². The van der Waals surface area contributed by atoms with Crippen molar-refractivity contribution in [3.05, 3.63) is 34.7 Å². The molecule has 6 nitrogen and oxygen atoms in total. The van der Waals surface area contributed by atoms with Crippen molar-refractivity contribution in [1.82, 2.24) is 0 Å². The fourth-order valence-corrected chi connectivity index (χ4v) is 1.91. The van der Waals surface area contributed by atoms with Gasteiger partial charge in [0.25, 0.3) is 0 Å². The molecule has 1 N–H and O–H groups in total. The first-order valence-electron chi connectivity index (χ1n) is 6.73. The minimum Gasteiger partial charge on any atom is -0.495 e. The van der Waals surface area contributed by atoms with Gasteiger partial charge in [-0.25, -0.2) is 4.39 Å². The molecule has 0 aliphatic rings. The van der Waals surface area contributed by atoms with Crippen molar-refractivity contribution in [1.29, 1.82) is 0 Å². The van der Waals surface area contributed by atoms with E-state index in [-0.39, 0.29) is 17.7 Å². The highest BCUT2D eigenvalue weighted by Crippen LogP contribution is 2.31. The van der Waals surface area contributed by atoms with Crippen LogP contribution in [0.1, 0.15) is 13.3 Å². The summed E-state index contributed by atoms with van der Waals surface area (Å²) in [7, 11) is 1.43. The van der Waals surface area contributed by atoms with Crippen molar-refractivity contribution in [2.45, 2.75) is 13.3 Å². The van der Waals surface area contributed by atoms with Gasteiger partial charge in [-0.15, -0.1) is 0 Å². The van der Waals surface area contributed by atoms with E-state index in [0.29, 0.717) is 11.4 Å². The molecule has 0 atom stereocenters. The highest BCUT2D eigenvalue weighted by molar-refractivity contribution is 9.10. The molecule has 0 unspecified atom stereocenters. The van der Waals surface area contributed by atoms with E-state index < -0.39 is 24.2 Å². The summed E-state index contributed by atoms with van der Waals surface area (Å²) in [6.07, 6.45) is 2.57. The van der Waals surface area contributed by atoms with Gasteiger partial charge in [-0.2, -0.15) is 0 Å². The molecule has 1 rings (SSSR count). The van der Waals surface area contributed by atoms with E-state index in [0.717, 1.165) is 0 Å². The number of nitrogens with one attached hydrogen (secondary N) is 1. The molecule has 126 valence electrons. The first kappa shape index (κ1) is 19.0. The maximum absolute atomic E-state index is 13.6. The van der Waals surface area contributed by atoms with E-state index in [2.05, 4.69) is 26.0 Å². The normalized spacial score (nSPS) is 10.4. The Kier molecular flexibility index (Phi) is 8.10. The number of anilines is 1. The van der Waals surface area contributed by atoms with Crippen LogP contribution in [0.3, 0.4) is 0 Å². The third-order valence-corrected chi connectivity index (χ3v) is 3.29. The molecule has 0 radical (unpaired) electrons. The van der Waals surface area contributed by atoms with Crippen LogP contribution >= 0.6 is 15.9 Å². The average molecular weight is 390 g/mol. The number of methoxy groups -OCH3 is 1. The van der Waals surface area contributed by atoms with Gasteiger partial charge in [0.05, 0.1) is 18.2 Å². The van der Waals surface area contributed by atoms with Gasteiger partial charge < -0.3 is 19.5 Å². The molecule has 0 spiro atoms. The molecule has 0 saturated heterocycles. The number of carbonyl (C=O) groups excluding carboxylic acids is 2. The molecule has 0 amide bonds. The Hall–Kier alpha value is -2.09. The second kappa shape index (κ2) is 9.83. The van der Waals surface area contributed by atoms with E-state index in [4.69, 9.17) is 9.47 Å². The molecule has 8 heteroatoms. The molecular weight excluding hydrogens is 373 g/mol. The number of rotatable bonds is 8. The zero-order valence-corrected chi connectivity index (χ0v) is 14.3. The molecule has 0 aromatic heterocycles. The van der Waals surface area contributed by atoms with Gasteiger partial charge in [0.2, 0.25) is 0 Å². The largest absolute Gasteiger partial charge is 0.495 e. The Morgan fingerprint density at radius 3 is 2.65 bits per heavy atom. The number of carbonyl (C=O) groups is 2. The van der Waals surface area contributed by atoms with Crippen LogP contribution in [-0.2, 0) is 19.1 Å². The highest BCUT2D eigenvalue weighted by Gasteiger charge is 2.10. The molecule has 0 heterocycles. The van der Waals surface area contributed by atoms with Gasteiger partial charge in [-0.05, 0) is 35.0 Å². The first-order chi connectivity index (χ1) is 11.0. The molecule has 23 heavy (non-hydrogen) atoms. The Morgan fingerprint density at radius 1 is 1.30 bits per heavy atom. The summed E-state index contributed by atoms with van der Waals surface area (Å²) in [6, 6.07) is 2.88. The van der Waals surface area contributed by atoms with Crippen molar-refractivity contribution in [2.24, 2.45) is 0 Å². The first-order valence-corrected chi connectivity index (χ1v) is 7.53. The zero-order valence-electron chi connectivity index (χ0n) is 12.7. The van der Waals surface area contributed by atoms with E-state index in [9.17, 15) is 14.0 Å². The SMILES string of the molecule is CCOC(=O)CC(=O)OC/C=C/Nc1cc(F)c(Br)c(OC)c1. The van der Waals surface area contributed by atoms with Crippen LogP contribution in [0.25, 0.3) is 0 Å². The van der Waals surface area contributed by atoms with Gasteiger partial charge in [-0.1, -0.05) is 0 Å². The number of halogens is 2. The Bertz CT molecular complexity index is 591. The van der Waals surface area contributed by atoms with Crippen LogP contribution in [-0.4, -0.2) is 32.3 Å². The summed E-state index contributed by atoms with van der Waals surface area (Å²) in [5, 5.41) is 2.82. The van der Waals surface area contributed by atoms with E-state index in [1.165, 1.54) is 25.5 Å². The summed E-state index contributed by atoms with van der Waals surface area (Å²) >= 11 is 3.07. The van der Waals surface area contributed by atoms with Crippen molar-refractivity contribution < 1.29 is 28.2 Å². The zero-order chi connectivity index (χ0) is 17.2. The second-order valence-corrected chi connectivity index (χ2v) is 4.98. The van der Waals surface area contributed by atoms with Gasteiger partial charge >= 0.3 is 11.9 Å². The fourth-order valence-electron chi connectivity index (χ4n) is 1.52. The second-order valence-electron chi connectivity index (χ2n) is 4.19. The summed E-state index contributed by atoms with van der Waals surface area (Å²) in [6.45, 7) is 1.84. The van der Waals surface area contributed by atoms with E-state index in [1.807, 2.05) is 0 Å². The van der Waals surface area contributed by atoms with Crippen molar-refractivity contribution in [3.8, 4) is 5.75 Å². The Morgan fingerprint density at radius 2 is 2.00 bits per heavy atom. The highest BCUT2D eigenvalue weighted by atomic mass is 79.9. The summed E-state index contributed by atoms with van der Waals surface area (Å²) in [5.74, 6) is -1.43. The van der Waals surface area contributed by atoms with Crippen molar-refractivity contribution in [2.75, 3.05) is 25.6 Å². The monoisotopic (exact) mass is 389 g/mol. The van der Waals surface area contributed by atoms with Crippen molar-refractivity contribution >= 4 is 33.6 Å². The average Bonchev–Trinajstić information content (AvgIpc) is 2.50.